The predicted octanol–water partition coefficient (Wildman–Crippen LogP) is 4.68. The van der Waals surface area contributed by atoms with Gasteiger partial charge in [-0.15, -0.1) is 0 Å². The topological polar surface area (TPSA) is 117 Å². The highest BCUT2D eigenvalue weighted by Crippen LogP contribution is 2.27. The van der Waals surface area contributed by atoms with E-state index in [2.05, 4.69) is 31.0 Å². The van der Waals surface area contributed by atoms with Gasteiger partial charge in [0.1, 0.15) is 5.65 Å². The molecule has 0 aliphatic carbocycles. The van der Waals surface area contributed by atoms with E-state index in [1.165, 1.54) is 6.20 Å². The highest BCUT2D eigenvalue weighted by Gasteiger charge is 2.21. The summed E-state index contributed by atoms with van der Waals surface area (Å²) in [7, 11) is 1.77. The molecule has 0 saturated heterocycles. The predicted molar refractivity (Wildman–Crippen MR) is 135 cm³/mol. The zero-order valence-electron chi connectivity index (χ0n) is 20.2. The van der Waals surface area contributed by atoms with Gasteiger partial charge in [0.25, 0.3) is 11.8 Å². The second kappa shape index (κ2) is 8.66. The molecule has 0 bridgehead atoms. The third-order valence-corrected chi connectivity index (χ3v) is 5.58. The van der Waals surface area contributed by atoms with Crippen molar-refractivity contribution in [2.75, 3.05) is 23.0 Å². The van der Waals surface area contributed by atoms with Gasteiger partial charge in [-0.2, -0.15) is 5.10 Å². The Hall–Kier alpha value is -4.14. The van der Waals surface area contributed by atoms with E-state index in [1.54, 1.807) is 31.4 Å². The smallest absolute Gasteiger partial charge is 0.276 e. The van der Waals surface area contributed by atoms with Crippen LogP contribution in [0.1, 0.15) is 52.9 Å². The Morgan fingerprint density at radius 3 is 2.47 bits per heavy atom. The summed E-state index contributed by atoms with van der Waals surface area (Å²) in [5.74, 6) is -0.613. The quantitative estimate of drug-likeness (QED) is 0.346. The van der Waals surface area contributed by atoms with Crippen LogP contribution in [-0.4, -0.2) is 38.6 Å². The Morgan fingerprint density at radius 1 is 1.03 bits per heavy atom. The molecule has 0 saturated carbocycles. The maximum absolute atomic E-state index is 13.1. The van der Waals surface area contributed by atoms with E-state index in [1.807, 2.05) is 51.4 Å². The second-order valence-corrected chi connectivity index (χ2v) is 9.23. The van der Waals surface area contributed by atoms with Gasteiger partial charge in [0, 0.05) is 41.9 Å². The molecular weight excluding hydrogens is 430 g/mol. The maximum Gasteiger partial charge on any atom is 0.276 e. The number of nitrogens with zero attached hydrogens (tertiary/aromatic N) is 3. The van der Waals surface area contributed by atoms with Crippen LogP contribution in [0, 0.1) is 13.8 Å². The molecule has 4 aromatic rings. The number of amides is 2. The Balaban J connectivity index is 1.56. The molecule has 4 rings (SSSR count). The highest BCUT2D eigenvalue weighted by molar-refractivity contribution is 6.12. The number of carbonyl (C=O) groups is 2. The zero-order valence-corrected chi connectivity index (χ0v) is 20.2. The zero-order chi connectivity index (χ0) is 24.6. The van der Waals surface area contributed by atoms with Crippen molar-refractivity contribution in [2.24, 2.45) is 0 Å². The van der Waals surface area contributed by atoms with Gasteiger partial charge in [0.15, 0.2) is 5.69 Å². The van der Waals surface area contributed by atoms with Gasteiger partial charge in [-0.3, -0.25) is 14.3 Å². The number of nitrogens with one attached hydrogen (secondary N) is 4. The lowest BCUT2D eigenvalue weighted by Crippen LogP contribution is -2.25. The average Bonchev–Trinajstić information content (AvgIpc) is 3.41. The SMILES string of the molecule is CNc1c(C(=O)Nc2cc(NC(=O)c3cc(C)n(C(C)(C)C)n3)ccc2C)cnc2[nH]ccc12. The van der Waals surface area contributed by atoms with E-state index in [0.717, 1.165) is 16.6 Å². The lowest BCUT2D eigenvalue weighted by Gasteiger charge is -2.21. The molecule has 34 heavy (non-hydrogen) atoms. The summed E-state index contributed by atoms with van der Waals surface area (Å²) in [4.78, 5) is 33.3. The molecule has 0 spiro atoms. The number of hydrogen-bond donors (Lipinski definition) is 4. The fraction of sp³-hybridized carbons (Fsp3) is 0.280. The lowest BCUT2D eigenvalue weighted by molar-refractivity contribution is 0.101. The average molecular weight is 460 g/mol. The molecule has 0 fully saturated rings. The molecule has 0 atom stereocenters. The largest absolute Gasteiger partial charge is 0.387 e. The number of aryl methyl sites for hydroxylation is 2. The Labute approximate surface area is 198 Å². The fourth-order valence-electron chi connectivity index (χ4n) is 3.93. The Bertz CT molecular complexity index is 1390. The van der Waals surface area contributed by atoms with Gasteiger partial charge < -0.3 is 20.9 Å². The van der Waals surface area contributed by atoms with Crippen LogP contribution in [0.5, 0.6) is 0 Å². The van der Waals surface area contributed by atoms with Gasteiger partial charge in [-0.25, -0.2) is 4.98 Å². The van der Waals surface area contributed by atoms with Crippen LogP contribution in [0.25, 0.3) is 11.0 Å². The van der Waals surface area contributed by atoms with Crippen LogP contribution in [0.2, 0.25) is 0 Å². The van der Waals surface area contributed by atoms with E-state index in [-0.39, 0.29) is 17.4 Å². The molecular formula is C25H29N7O2. The molecule has 9 heteroatoms. The molecule has 3 aromatic heterocycles. The summed E-state index contributed by atoms with van der Waals surface area (Å²) >= 11 is 0. The van der Waals surface area contributed by atoms with E-state index in [0.29, 0.717) is 34.0 Å². The standard InChI is InChI=1S/C25H29N7O2/c1-14-7-8-16(29-24(34)20-11-15(2)32(31-20)25(3,4)5)12-19(14)30-23(33)18-13-28-22-17(9-10-27-22)21(18)26-6/h7-13H,1-6H3,(H,29,34)(H,30,33)(H2,26,27,28). The molecule has 176 valence electrons. The molecule has 0 unspecified atom stereocenters. The van der Waals surface area contributed by atoms with Crippen molar-refractivity contribution in [1.29, 1.82) is 0 Å². The molecule has 0 aliphatic heterocycles. The molecule has 4 N–H and O–H groups in total. The first-order valence-electron chi connectivity index (χ1n) is 11.0. The Kier molecular flexibility index (Phi) is 5.87. The number of carbonyl (C=O) groups excluding carboxylic acids is 2. The van der Waals surface area contributed by atoms with Gasteiger partial charge in [-0.1, -0.05) is 6.07 Å². The first-order chi connectivity index (χ1) is 16.1. The van der Waals surface area contributed by atoms with Crippen molar-refractivity contribution in [3.05, 3.63) is 65.2 Å². The molecule has 1 aromatic carbocycles. The molecule has 0 radical (unpaired) electrons. The summed E-state index contributed by atoms with van der Waals surface area (Å²) in [6.07, 6.45) is 3.32. The van der Waals surface area contributed by atoms with Crippen LogP contribution < -0.4 is 16.0 Å². The van der Waals surface area contributed by atoms with Gasteiger partial charge in [-0.05, 0) is 64.4 Å². The van der Waals surface area contributed by atoms with E-state index in [9.17, 15) is 9.59 Å². The number of fused-ring (bicyclic) bond motifs is 1. The van der Waals surface area contributed by atoms with Crippen molar-refractivity contribution < 1.29 is 9.59 Å². The van der Waals surface area contributed by atoms with Crippen molar-refractivity contribution in [3.8, 4) is 0 Å². The van der Waals surface area contributed by atoms with Crippen molar-refractivity contribution >= 4 is 39.9 Å². The number of pyridine rings is 1. The lowest BCUT2D eigenvalue weighted by atomic mass is 10.1. The summed E-state index contributed by atoms with van der Waals surface area (Å²) in [5.41, 5.74) is 4.84. The minimum absolute atomic E-state index is 0.228. The van der Waals surface area contributed by atoms with Crippen LogP contribution >= 0.6 is 0 Å². The molecule has 0 aliphatic rings. The minimum Gasteiger partial charge on any atom is -0.387 e. The van der Waals surface area contributed by atoms with E-state index in [4.69, 9.17) is 0 Å². The summed E-state index contributed by atoms with van der Waals surface area (Å²) in [6.45, 7) is 9.92. The van der Waals surface area contributed by atoms with Gasteiger partial charge in [0.05, 0.1) is 16.8 Å². The minimum atomic E-state index is -0.313. The number of H-pyrrole nitrogens is 1. The molecule has 2 amide bonds. The third-order valence-electron chi connectivity index (χ3n) is 5.58. The first kappa shape index (κ1) is 23.0. The fourth-order valence-corrected chi connectivity index (χ4v) is 3.93. The van der Waals surface area contributed by atoms with Crippen LogP contribution in [0.4, 0.5) is 17.1 Å². The Morgan fingerprint density at radius 2 is 1.79 bits per heavy atom. The maximum atomic E-state index is 13.1. The number of rotatable bonds is 5. The summed E-state index contributed by atoms with van der Waals surface area (Å²) in [5, 5.41) is 14.2. The summed E-state index contributed by atoms with van der Waals surface area (Å²) in [6, 6.07) is 9.01. The van der Waals surface area contributed by atoms with E-state index >= 15 is 0 Å². The monoisotopic (exact) mass is 459 g/mol. The van der Waals surface area contributed by atoms with Gasteiger partial charge >= 0.3 is 0 Å². The van der Waals surface area contributed by atoms with Crippen LogP contribution in [0.3, 0.4) is 0 Å². The first-order valence-corrected chi connectivity index (χ1v) is 11.0. The van der Waals surface area contributed by atoms with Crippen LogP contribution in [-0.2, 0) is 5.54 Å². The van der Waals surface area contributed by atoms with Crippen LogP contribution in [0.15, 0.2) is 42.7 Å². The molecule has 9 nitrogen and oxygen atoms in total. The number of benzene rings is 1. The van der Waals surface area contributed by atoms with Crippen molar-refractivity contribution in [1.82, 2.24) is 19.7 Å². The normalized spacial score (nSPS) is 11.5. The van der Waals surface area contributed by atoms with Crippen molar-refractivity contribution in [2.45, 2.75) is 40.2 Å². The van der Waals surface area contributed by atoms with Gasteiger partial charge in [0.2, 0.25) is 0 Å². The number of hydrogen-bond acceptors (Lipinski definition) is 5. The third kappa shape index (κ3) is 4.36. The molecule has 3 heterocycles. The second-order valence-electron chi connectivity index (χ2n) is 9.23. The van der Waals surface area contributed by atoms with Crippen molar-refractivity contribution in [3.63, 3.8) is 0 Å². The number of anilines is 3. The number of aromatic nitrogens is 4. The summed E-state index contributed by atoms with van der Waals surface area (Å²) < 4.78 is 1.83. The van der Waals surface area contributed by atoms with E-state index < -0.39 is 0 Å². The number of aromatic amines is 1. The highest BCUT2D eigenvalue weighted by atomic mass is 16.2.